The van der Waals surface area contributed by atoms with Crippen molar-refractivity contribution in [3.63, 3.8) is 0 Å². The van der Waals surface area contributed by atoms with E-state index in [4.69, 9.17) is 14.2 Å². The molecule has 2 heterocycles. The topological polar surface area (TPSA) is 98.3 Å². The van der Waals surface area contributed by atoms with Crippen LogP contribution in [0.1, 0.15) is 6.42 Å². The van der Waals surface area contributed by atoms with E-state index in [2.05, 4.69) is 9.88 Å². The largest absolute Gasteiger partial charge is 0.495 e. The maximum absolute atomic E-state index is 13.4. The lowest BCUT2D eigenvalue weighted by Gasteiger charge is -2.27. The first-order valence-corrected chi connectivity index (χ1v) is 13.8. The number of rotatable bonds is 10. The Bertz CT molecular complexity index is 1220. The Morgan fingerprint density at radius 3 is 2.46 bits per heavy atom. The third-order valence-electron chi connectivity index (χ3n) is 5.81. The number of anilines is 1. The fourth-order valence-electron chi connectivity index (χ4n) is 3.95. The van der Waals surface area contributed by atoms with E-state index in [-0.39, 0.29) is 4.90 Å². The summed E-state index contributed by atoms with van der Waals surface area (Å²) in [7, 11) is -0.683. The fourth-order valence-corrected chi connectivity index (χ4v) is 6.28. The van der Waals surface area contributed by atoms with Gasteiger partial charge in [-0.15, -0.1) is 0 Å². The lowest BCUT2D eigenvalue weighted by atomic mass is 10.3. The predicted molar refractivity (Wildman–Crippen MR) is 135 cm³/mol. The molecule has 0 aliphatic carbocycles. The van der Waals surface area contributed by atoms with Crippen molar-refractivity contribution in [1.82, 2.24) is 9.88 Å². The van der Waals surface area contributed by atoms with Crippen LogP contribution in [0.15, 0.2) is 47.4 Å². The van der Waals surface area contributed by atoms with E-state index >= 15 is 0 Å². The molecule has 0 radical (unpaired) electrons. The number of aromatic nitrogens is 1. The Morgan fingerprint density at radius 1 is 1.09 bits per heavy atom. The van der Waals surface area contributed by atoms with E-state index in [1.54, 1.807) is 44.6 Å². The number of methoxy groups -OCH3 is 2. The van der Waals surface area contributed by atoms with Crippen molar-refractivity contribution in [2.24, 2.45) is 0 Å². The molecule has 1 amide bonds. The van der Waals surface area contributed by atoms with Crippen molar-refractivity contribution in [3.8, 4) is 11.5 Å². The van der Waals surface area contributed by atoms with Crippen LogP contribution in [0.4, 0.5) is 5.13 Å². The fraction of sp³-hybridized carbons (Fsp3) is 0.417. The van der Waals surface area contributed by atoms with Crippen LogP contribution >= 0.6 is 11.3 Å². The summed E-state index contributed by atoms with van der Waals surface area (Å²) >= 11 is 1.28. The molecule has 0 bridgehead atoms. The number of amides is 1. The van der Waals surface area contributed by atoms with Gasteiger partial charge in [0.05, 0.1) is 32.3 Å². The molecule has 1 fully saturated rings. The van der Waals surface area contributed by atoms with Gasteiger partial charge >= 0.3 is 0 Å². The van der Waals surface area contributed by atoms with Gasteiger partial charge in [0.1, 0.15) is 27.5 Å². The van der Waals surface area contributed by atoms with Crippen LogP contribution in [0.5, 0.6) is 11.5 Å². The van der Waals surface area contributed by atoms with E-state index in [0.29, 0.717) is 48.3 Å². The van der Waals surface area contributed by atoms with Gasteiger partial charge in [0.2, 0.25) is 5.91 Å². The van der Waals surface area contributed by atoms with Crippen LogP contribution in [-0.4, -0.2) is 83.6 Å². The van der Waals surface area contributed by atoms with Crippen molar-refractivity contribution in [2.45, 2.75) is 11.3 Å². The van der Waals surface area contributed by atoms with Crippen LogP contribution in [0.25, 0.3) is 10.2 Å². The van der Waals surface area contributed by atoms with Gasteiger partial charge in [0.25, 0.3) is 0 Å². The number of sulfone groups is 1. The standard InChI is InChI=1S/C24H29N3O6S2/c1-31-19-9-10-20(32-2)23-22(19)25-24(34-23)27(12-6-11-26-13-15-33-16-14-26)21(28)17-35(29,30)18-7-4-3-5-8-18/h3-5,7-10H,6,11-17H2,1-2H3. The van der Waals surface area contributed by atoms with E-state index in [1.165, 1.54) is 28.4 Å². The van der Waals surface area contributed by atoms with Gasteiger partial charge in [-0.3, -0.25) is 14.6 Å². The lowest BCUT2D eigenvalue weighted by Crippen LogP contribution is -2.40. The quantitative estimate of drug-likeness (QED) is 0.403. The molecular weight excluding hydrogens is 490 g/mol. The highest BCUT2D eigenvalue weighted by Gasteiger charge is 2.27. The normalized spacial score (nSPS) is 14.7. The van der Waals surface area contributed by atoms with E-state index in [9.17, 15) is 13.2 Å². The highest BCUT2D eigenvalue weighted by atomic mass is 32.2. The van der Waals surface area contributed by atoms with Gasteiger partial charge in [0.15, 0.2) is 15.0 Å². The highest BCUT2D eigenvalue weighted by molar-refractivity contribution is 7.92. The van der Waals surface area contributed by atoms with Crippen LogP contribution in [0.3, 0.4) is 0 Å². The molecule has 9 nitrogen and oxygen atoms in total. The van der Waals surface area contributed by atoms with Crippen LogP contribution < -0.4 is 14.4 Å². The van der Waals surface area contributed by atoms with Crippen LogP contribution in [0, 0.1) is 0 Å². The molecular formula is C24H29N3O6S2. The number of nitrogens with zero attached hydrogens (tertiary/aromatic N) is 3. The number of hydrogen-bond acceptors (Lipinski definition) is 9. The van der Waals surface area contributed by atoms with Gasteiger partial charge in [-0.25, -0.2) is 13.4 Å². The number of hydrogen-bond donors (Lipinski definition) is 0. The van der Waals surface area contributed by atoms with Crippen molar-refractivity contribution < 1.29 is 27.4 Å². The molecule has 0 saturated carbocycles. The van der Waals surface area contributed by atoms with Crippen molar-refractivity contribution in [1.29, 1.82) is 0 Å². The molecule has 0 atom stereocenters. The number of morpholine rings is 1. The molecule has 1 saturated heterocycles. The Labute approximate surface area is 209 Å². The monoisotopic (exact) mass is 519 g/mol. The second-order valence-corrected chi connectivity index (χ2v) is 11.0. The Balaban J connectivity index is 1.62. The maximum atomic E-state index is 13.4. The zero-order valence-corrected chi connectivity index (χ0v) is 21.4. The summed E-state index contributed by atoms with van der Waals surface area (Å²) in [5.41, 5.74) is 0.573. The zero-order chi connectivity index (χ0) is 24.8. The summed E-state index contributed by atoms with van der Waals surface area (Å²) in [4.78, 5) is 22.0. The smallest absolute Gasteiger partial charge is 0.244 e. The van der Waals surface area contributed by atoms with Gasteiger partial charge in [-0.05, 0) is 30.7 Å². The first-order valence-electron chi connectivity index (χ1n) is 11.3. The number of carbonyl (C=O) groups is 1. The van der Waals surface area contributed by atoms with Crippen molar-refractivity contribution >= 4 is 42.4 Å². The average Bonchev–Trinajstić information content (AvgIpc) is 3.32. The average molecular weight is 520 g/mol. The summed E-state index contributed by atoms with van der Waals surface area (Å²) in [6.45, 7) is 4.17. The second kappa shape index (κ2) is 11.3. The lowest BCUT2D eigenvalue weighted by molar-refractivity contribution is -0.116. The minimum Gasteiger partial charge on any atom is -0.495 e. The number of benzene rings is 2. The van der Waals surface area contributed by atoms with Crippen molar-refractivity contribution in [3.05, 3.63) is 42.5 Å². The molecule has 1 aromatic heterocycles. The second-order valence-electron chi connectivity index (χ2n) is 8.07. The predicted octanol–water partition coefficient (Wildman–Crippen LogP) is 2.84. The number of fused-ring (bicyclic) bond motifs is 1. The summed E-state index contributed by atoms with van der Waals surface area (Å²) in [6, 6.07) is 11.6. The summed E-state index contributed by atoms with van der Waals surface area (Å²) in [6.07, 6.45) is 0.668. The summed E-state index contributed by atoms with van der Waals surface area (Å²) in [5.74, 6) is 0.00888. The molecule has 2 aromatic carbocycles. The Hall–Kier alpha value is -2.73. The minimum atomic E-state index is -3.80. The van der Waals surface area contributed by atoms with E-state index < -0.39 is 21.5 Å². The van der Waals surface area contributed by atoms with E-state index in [0.717, 1.165) is 24.3 Å². The number of carbonyl (C=O) groups excluding carboxylic acids is 1. The third kappa shape index (κ3) is 5.92. The molecule has 3 aromatic rings. The minimum absolute atomic E-state index is 0.120. The molecule has 1 aliphatic rings. The highest BCUT2D eigenvalue weighted by Crippen LogP contribution is 2.40. The maximum Gasteiger partial charge on any atom is 0.244 e. The molecule has 35 heavy (non-hydrogen) atoms. The summed E-state index contributed by atoms with van der Waals surface area (Å²) in [5, 5.41) is 0.415. The molecule has 1 aliphatic heterocycles. The zero-order valence-electron chi connectivity index (χ0n) is 19.8. The van der Waals surface area contributed by atoms with Crippen molar-refractivity contribution in [2.75, 3.05) is 64.3 Å². The van der Waals surface area contributed by atoms with E-state index in [1.807, 2.05) is 0 Å². The van der Waals surface area contributed by atoms with Gasteiger partial charge in [-0.1, -0.05) is 29.5 Å². The van der Waals surface area contributed by atoms with Crippen LogP contribution in [0.2, 0.25) is 0 Å². The van der Waals surface area contributed by atoms with Gasteiger partial charge < -0.3 is 14.2 Å². The first kappa shape index (κ1) is 25.4. The molecule has 0 spiro atoms. The number of ether oxygens (including phenoxy) is 3. The van der Waals surface area contributed by atoms with Gasteiger partial charge in [0, 0.05) is 26.2 Å². The first-order chi connectivity index (χ1) is 16.9. The third-order valence-corrected chi connectivity index (χ3v) is 8.52. The molecule has 4 rings (SSSR count). The number of thiazole rings is 1. The molecule has 0 N–H and O–H groups in total. The molecule has 188 valence electrons. The Morgan fingerprint density at radius 2 is 1.77 bits per heavy atom. The Kier molecular flexibility index (Phi) is 8.22. The molecule has 11 heteroatoms. The van der Waals surface area contributed by atoms with Gasteiger partial charge in [-0.2, -0.15) is 0 Å². The summed E-state index contributed by atoms with van der Waals surface area (Å²) < 4.78 is 43.0. The SMILES string of the molecule is COc1ccc(OC)c2sc(N(CCCN3CCOCC3)C(=O)CS(=O)(=O)c3ccccc3)nc12. The molecule has 0 unspecified atom stereocenters. The van der Waals surface area contributed by atoms with Crippen LogP contribution in [-0.2, 0) is 19.4 Å².